The highest BCUT2D eigenvalue weighted by Crippen LogP contribution is 2.51. The van der Waals surface area contributed by atoms with Gasteiger partial charge < -0.3 is 9.84 Å². The number of likely N-dealkylation sites (tertiary alicyclic amines) is 1. The van der Waals surface area contributed by atoms with E-state index in [0.717, 1.165) is 0 Å². The number of fused-ring (bicyclic) bond motifs is 2. The normalized spacial score (nSPS) is 32.5. The number of hydrogen-bond donors (Lipinski definition) is 1. The first-order valence-electron chi connectivity index (χ1n) is 6.15. The van der Waals surface area contributed by atoms with Gasteiger partial charge in [-0.05, 0) is 33.1 Å². The number of alkyl halides is 2. The van der Waals surface area contributed by atoms with E-state index in [2.05, 4.69) is 0 Å². The summed E-state index contributed by atoms with van der Waals surface area (Å²) >= 11 is 0. The number of carbonyl (C=O) groups is 2. The topological polar surface area (TPSA) is 66.8 Å². The second-order valence-electron chi connectivity index (χ2n) is 6.15. The van der Waals surface area contributed by atoms with Crippen LogP contribution in [0.25, 0.3) is 0 Å². The number of rotatable bonds is 1. The maximum absolute atomic E-state index is 13.7. The van der Waals surface area contributed by atoms with Crippen molar-refractivity contribution in [2.45, 2.75) is 57.2 Å². The van der Waals surface area contributed by atoms with Crippen molar-refractivity contribution in [3.63, 3.8) is 0 Å². The summed E-state index contributed by atoms with van der Waals surface area (Å²) in [5.41, 5.74) is -0.850. The molecule has 0 aromatic carbocycles. The SMILES string of the molecule is CC(C)(C)OC(=O)N1C2C[C@@H](CC2(F)F)[C@H]1C(=O)O. The van der Waals surface area contributed by atoms with Gasteiger partial charge in [-0.15, -0.1) is 0 Å². The standard InChI is InChI=1S/C12H17F2NO4/c1-11(2,3)19-10(18)15-7-4-6(5-12(7,13)14)8(15)9(16)17/h6-8H,4-5H2,1-3H3,(H,16,17)/t6-,7?,8-/m0/s1. The van der Waals surface area contributed by atoms with Gasteiger partial charge in [-0.1, -0.05) is 0 Å². The van der Waals surface area contributed by atoms with Crippen molar-refractivity contribution in [2.75, 3.05) is 0 Å². The minimum atomic E-state index is -3.03. The molecular formula is C12H17F2NO4. The minimum absolute atomic E-state index is 0.0171. The third-order valence-corrected chi connectivity index (χ3v) is 3.49. The Morgan fingerprint density at radius 3 is 2.42 bits per heavy atom. The molecule has 5 nitrogen and oxygen atoms in total. The lowest BCUT2D eigenvalue weighted by Gasteiger charge is -2.37. The smallest absolute Gasteiger partial charge is 0.411 e. The maximum atomic E-state index is 13.7. The Balaban J connectivity index is 2.25. The molecule has 0 radical (unpaired) electrons. The van der Waals surface area contributed by atoms with Gasteiger partial charge in [-0.3, -0.25) is 4.90 Å². The monoisotopic (exact) mass is 277 g/mol. The molecule has 1 unspecified atom stereocenters. The van der Waals surface area contributed by atoms with E-state index in [0.29, 0.717) is 4.90 Å². The highest BCUT2D eigenvalue weighted by Gasteiger charge is 2.65. The molecule has 1 N–H and O–H groups in total. The molecule has 2 fully saturated rings. The van der Waals surface area contributed by atoms with E-state index >= 15 is 0 Å². The number of ether oxygens (including phenoxy) is 1. The molecule has 1 saturated heterocycles. The molecule has 1 aliphatic heterocycles. The molecule has 1 amide bonds. The summed E-state index contributed by atoms with van der Waals surface area (Å²) in [6.07, 6.45) is -1.44. The van der Waals surface area contributed by atoms with Crippen LogP contribution in [0.15, 0.2) is 0 Å². The van der Waals surface area contributed by atoms with Crippen molar-refractivity contribution in [2.24, 2.45) is 5.92 Å². The quantitative estimate of drug-likeness (QED) is 0.797. The zero-order valence-corrected chi connectivity index (χ0v) is 11.0. The van der Waals surface area contributed by atoms with Crippen molar-refractivity contribution < 1.29 is 28.2 Å². The van der Waals surface area contributed by atoms with E-state index in [1.54, 1.807) is 20.8 Å². The fourth-order valence-electron chi connectivity index (χ4n) is 2.88. The minimum Gasteiger partial charge on any atom is -0.480 e. The van der Waals surface area contributed by atoms with Crippen LogP contribution in [-0.2, 0) is 9.53 Å². The Hall–Kier alpha value is -1.40. The number of amides is 1. The second-order valence-corrected chi connectivity index (χ2v) is 6.15. The first-order chi connectivity index (χ1) is 8.53. The fraction of sp³-hybridized carbons (Fsp3) is 0.833. The predicted molar refractivity (Wildman–Crippen MR) is 61.0 cm³/mol. The lowest BCUT2D eigenvalue weighted by atomic mass is 9.97. The summed E-state index contributed by atoms with van der Waals surface area (Å²) in [7, 11) is 0. The number of hydrogen-bond acceptors (Lipinski definition) is 3. The van der Waals surface area contributed by atoms with Gasteiger partial charge in [0, 0.05) is 6.42 Å². The van der Waals surface area contributed by atoms with Gasteiger partial charge in [-0.2, -0.15) is 0 Å². The van der Waals surface area contributed by atoms with Gasteiger partial charge >= 0.3 is 12.1 Å². The van der Waals surface area contributed by atoms with E-state index in [9.17, 15) is 18.4 Å². The van der Waals surface area contributed by atoms with Crippen LogP contribution in [-0.4, -0.2) is 45.7 Å². The molecule has 1 saturated carbocycles. The third kappa shape index (κ3) is 2.37. The van der Waals surface area contributed by atoms with E-state index in [1.807, 2.05) is 0 Å². The van der Waals surface area contributed by atoms with Gasteiger partial charge in [0.25, 0.3) is 5.92 Å². The van der Waals surface area contributed by atoms with E-state index in [1.165, 1.54) is 0 Å². The summed E-state index contributed by atoms with van der Waals surface area (Å²) in [4.78, 5) is 23.9. The number of carboxylic acid groups (broad SMARTS) is 1. The molecule has 0 spiro atoms. The van der Waals surface area contributed by atoms with Crippen molar-refractivity contribution in [3.05, 3.63) is 0 Å². The lowest BCUT2D eigenvalue weighted by molar-refractivity contribution is -0.152. The van der Waals surface area contributed by atoms with Gasteiger partial charge in [0.1, 0.15) is 11.6 Å². The number of halogens is 2. The zero-order valence-electron chi connectivity index (χ0n) is 11.0. The van der Waals surface area contributed by atoms with Gasteiger partial charge in [-0.25, -0.2) is 18.4 Å². The molecule has 7 heteroatoms. The maximum Gasteiger partial charge on any atom is 0.411 e. The third-order valence-electron chi connectivity index (χ3n) is 3.49. The Labute approximate surface area is 109 Å². The molecule has 2 aliphatic rings. The van der Waals surface area contributed by atoms with E-state index < -0.39 is 48.0 Å². The van der Waals surface area contributed by atoms with E-state index in [4.69, 9.17) is 9.84 Å². The summed E-state index contributed by atoms with van der Waals surface area (Å²) in [5, 5.41) is 9.13. The molecule has 2 bridgehead atoms. The van der Waals surface area contributed by atoms with Crippen LogP contribution >= 0.6 is 0 Å². The van der Waals surface area contributed by atoms with Crippen molar-refractivity contribution >= 4 is 12.1 Å². The summed E-state index contributed by atoms with van der Waals surface area (Å²) in [6, 6.07) is -2.58. The first kappa shape index (κ1) is 14.0. The summed E-state index contributed by atoms with van der Waals surface area (Å²) < 4.78 is 32.4. The highest BCUT2D eigenvalue weighted by atomic mass is 19.3. The Kier molecular flexibility index (Phi) is 2.98. The molecular weight excluding hydrogens is 260 g/mol. The molecule has 0 aromatic rings. The number of piperidine rings is 1. The molecule has 1 aliphatic carbocycles. The van der Waals surface area contributed by atoms with Crippen molar-refractivity contribution in [1.29, 1.82) is 0 Å². The van der Waals surface area contributed by atoms with Gasteiger partial charge in [0.2, 0.25) is 0 Å². The number of carboxylic acids is 1. The Morgan fingerprint density at radius 1 is 1.37 bits per heavy atom. The molecule has 2 rings (SSSR count). The van der Waals surface area contributed by atoms with Gasteiger partial charge in [0.05, 0.1) is 6.04 Å². The Morgan fingerprint density at radius 2 is 1.95 bits per heavy atom. The summed E-state index contributed by atoms with van der Waals surface area (Å²) in [6.45, 7) is 4.81. The average Bonchev–Trinajstić information content (AvgIpc) is 2.66. The Bertz CT molecular complexity index is 418. The molecule has 0 aromatic heterocycles. The average molecular weight is 277 g/mol. The van der Waals surface area contributed by atoms with Crippen LogP contribution in [0.5, 0.6) is 0 Å². The van der Waals surface area contributed by atoms with Crippen LogP contribution in [0.2, 0.25) is 0 Å². The van der Waals surface area contributed by atoms with Crippen molar-refractivity contribution in [3.8, 4) is 0 Å². The largest absolute Gasteiger partial charge is 0.480 e. The van der Waals surface area contributed by atoms with Crippen LogP contribution in [0, 0.1) is 5.92 Å². The summed E-state index contributed by atoms with van der Waals surface area (Å²) in [5.74, 6) is -4.99. The second kappa shape index (κ2) is 4.05. The predicted octanol–water partition coefficient (Wildman–Crippen LogP) is 2.10. The van der Waals surface area contributed by atoms with Crippen LogP contribution < -0.4 is 0 Å². The van der Waals surface area contributed by atoms with Gasteiger partial charge in [0.15, 0.2) is 0 Å². The van der Waals surface area contributed by atoms with Crippen LogP contribution in [0.1, 0.15) is 33.6 Å². The van der Waals surface area contributed by atoms with Crippen LogP contribution in [0.3, 0.4) is 0 Å². The molecule has 3 atom stereocenters. The molecule has 19 heavy (non-hydrogen) atoms. The van der Waals surface area contributed by atoms with Crippen LogP contribution in [0.4, 0.5) is 13.6 Å². The molecule has 108 valence electrons. The fourth-order valence-corrected chi connectivity index (χ4v) is 2.88. The van der Waals surface area contributed by atoms with Crippen molar-refractivity contribution in [1.82, 2.24) is 4.90 Å². The number of aliphatic carboxylic acids is 1. The van der Waals surface area contributed by atoms with E-state index in [-0.39, 0.29) is 6.42 Å². The number of nitrogens with zero attached hydrogens (tertiary/aromatic N) is 1. The zero-order chi connectivity index (χ0) is 14.6. The lowest BCUT2D eigenvalue weighted by Crippen LogP contribution is -2.56. The number of carbonyl (C=O) groups excluding carboxylic acids is 1. The highest BCUT2D eigenvalue weighted by molar-refractivity contribution is 5.82. The molecule has 1 heterocycles. The first-order valence-corrected chi connectivity index (χ1v) is 6.15.